The fourth-order valence-electron chi connectivity index (χ4n) is 6.07. The average molecular weight is 608 g/mol. The highest BCUT2D eigenvalue weighted by Gasteiger charge is 2.32. The van der Waals surface area contributed by atoms with Crippen LogP contribution >= 0.6 is 11.3 Å². The zero-order valence-electron chi connectivity index (χ0n) is 27.9. The van der Waals surface area contributed by atoms with Crippen molar-refractivity contribution in [3.8, 4) is 0 Å². The third-order valence-electron chi connectivity index (χ3n) is 10.2. The molecule has 1 aliphatic carbocycles. The van der Waals surface area contributed by atoms with Crippen molar-refractivity contribution in [3.63, 3.8) is 0 Å². The Morgan fingerprint density at radius 1 is 0.978 bits per heavy atom. The second-order valence-corrected chi connectivity index (χ2v) is 15.4. The van der Waals surface area contributed by atoms with E-state index in [9.17, 15) is 0 Å². The van der Waals surface area contributed by atoms with E-state index in [1.807, 2.05) is 11.3 Å². The third-order valence-corrected chi connectivity index (χ3v) is 11.2. The van der Waals surface area contributed by atoms with Crippen molar-refractivity contribution < 1.29 is 0 Å². The van der Waals surface area contributed by atoms with Gasteiger partial charge in [-0.2, -0.15) is 0 Å². The topological polar surface area (TPSA) is 15.6 Å². The maximum absolute atomic E-state index is 4.48. The minimum absolute atomic E-state index is 0.202. The summed E-state index contributed by atoms with van der Waals surface area (Å²) < 4.78 is 1.34. The summed E-state index contributed by atoms with van der Waals surface area (Å²) in [5.74, 6) is 0. The van der Waals surface area contributed by atoms with Gasteiger partial charge in [-0.1, -0.05) is 107 Å². The molecule has 1 aliphatic rings. The molecule has 0 fully saturated rings. The molecule has 0 unspecified atom stereocenters. The van der Waals surface area contributed by atoms with Crippen LogP contribution in [0.25, 0.3) is 38.7 Å². The van der Waals surface area contributed by atoms with Crippen LogP contribution in [0.5, 0.6) is 0 Å². The standard InChI is InChI=1S/C41H44BN2S/c1-27-34(35-21-29-13-9-12-16-32(29)24-39(35)45-27)25-37(28-17-19-33(20-18-28)42-26-41(5,6)40(2,3)4)44(8)38-23-31-15-11-10-14-30(31)22-36(38)43-7/h10-12,14-25H,7,9,13,26H2,1-6,8H3/b37-25-. The van der Waals surface area contributed by atoms with Crippen molar-refractivity contribution in [1.29, 1.82) is 0 Å². The molecular weight excluding hydrogens is 563 g/mol. The van der Waals surface area contributed by atoms with E-state index in [0.717, 1.165) is 36.2 Å². The van der Waals surface area contributed by atoms with Crippen LogP contribution in [0.2, 0.25) is 6.32 Å². The monoisotopic (exact) mass is 607 g/mol. The van der Waals surface area contributed by atoms with E-state index in [-0.39, 0.29) is 10.8 Å². The van der Waals surface area contributed by atoms with Crippen LogP contribution in [0.3, 0.4) is 0 Å². The van der Waals surface area contributed by atoms with Gasteiger partial charge in [-0.25, -0.2) is 0 Å². The van der Waals surface area contributed by atoms with Crippen LogP contribution in [-0.2, 0) is 6.42 Å². The molecule has 1 aromatic heterocycles. The molecule has 0 N–H and O–H groups in total. The summed E-state index contributed by atoms with van der Waals surface area (Å²) in [6, 6.07) is 26.8. The van der Waals surface area contributed by atoms with Gasteiger partial charge >= 0.3 is 0 Å². The van der Waals surface area contributed by atoms with Gasteiger partial charge in [0, 0.05) is 27.7 Å². The number of hydrogen-bond donors (Lipinski definition) is 0. The molecule has 1 heterocycles. The molecule has 0 saturated heterocycles. The van der Waals surface area contributed by atoms with Crippen LogP contribution in [-0.4, -0.2) is 21.0 Å². The summed E-state index contributed by atoms with van der Waals surface area (Å²) in [7, 11) is 4.55. The summed E-state index contributed by atoms with van der Waals surface area (Å²) >= 11 is 1.89. The van der Waals surface area contributed by atoms with Crippen LogP contribution in [0, 0.1) is 17.8 Å². The Bertz CT molecular complexity index is 1950. The van der Waals surface area contributed by atoms with E-state index < -0.39 is 0 Å². The van der Waals surface area contributed by atoms with Crippen molar-refractivity contribution in [3.05, 3.63) is 106 Å². The summed E-state index contributed by atoms with van der Waals surface area (Å²) in [5.41, 5.74) is 10.0. The minimum atomic E-state index is 0.202. The summed E-state index contributed by atoms with van der Waals surface area (Å²) in [4.78, 5) is 8.11. The van der Waals surface area contributed by atoms with Gasteiger partial charge in [-0.3, -0.25) is 4.99 Å². The molecule has 4 aromatic carbocycles. The van der Waals surface area contributed by atoms with Crippen LogP contribution in [0.1, 0.15) is 68.2 Å². The van der Waals surface area contributed by atoms with Gasteiger partial charge in [0.25, 0.3) is 0 Å². The Balaban J connectivity index is 1.46. The lowest BCUT2D eigenvalue weighted by atomic mass is 9.53. The molecule has 0 spiro atoms. The second kappa shape index (κ2) is 12.1. The first kappa shape index (κ1) is 31.1. The second-order valence-electron chi connectivity index (χ2n) is 14.2. The normalized spacial score (nSPS) is 13.7. The molecule has 0 saturated carbocycles. The fraction of sp³-hybridized carbons (Fsp3) is 0.293. The molecule has 227 valence electrons. The van der Waals surface area contributed by atoms with E-state index in [0.29, 0.717) is 0 Å². The number of rotatable bonds is 8. The maximum atomic E-state index is 4.48. The van der Waals surface area contributed by atoms with Crippen molar-refractivity contribution in [1.82, 2.24) is 0 Å². The van der Waals surface area contributed by atoms with Gasteiger partial charge in [-0.15, -0.1) is 11.3 Å². The van der Waals surface area contributed by atoms with Crippen molar-refractivity contribution in [2.45, 2.75) is 60.7 Å². The molecule has 0 amide bonds. The molecule has 0 aliphatic heterocycles. The van der Waals surface area contributed by atoms with E-state index in [4.69, 9.17) is 0 Å². The first-order valence-electron chi connectivity index (χ1n) is 16.1. The number of nitrogens with zero attached hydrogens (tertiary/aromatic N) is 2. The Hall–Kier alpha value is -3.89. The van der Waals surface area contributed by atoms with Gasteiger partial charge in [0.1, 0.15) is 0 Å². The van der Waals surface area contributed by atoms with E-state index in [2.05, 4.69) is 164 Å². The Labute approximate surface area is 274 Å². The number of benzene rings is 4. The molecule has 4 heteroatoms. The lowest BCUT2D eigenvalue weighted by Gasteiger charge is -2.39. The van der Waals surface area contributed by atoms with Crippen LogP contribution < -0.4 is 10.4 Å². The average Bonchev–Trinajstić information content (AvgIpc) is 3.33. The van der Waals surface area contributed by atoms with Gasteiger partial charge < -0.3 is 4.90 Å². The molecule has 0 bridgehead atoms. The SMILES string of the molecule is C=Nc1cc2ccccc2cc1N(C)/C(=C\c1c(C)sc2cc3c(cc12)CCC=C3)c1ccc([B]CC(C)(C)C(C)(C)C)cc1. The predicted molar refractivity (Wildman–Crippen MR) is 203 cm³/mol. The molecule has 45 heavy (non-hydrogen) atoms. The highest BCUT2D eigenvalue weighted by atomic mass is 32.1. The first-order chi connectivity index (χ1) is 21.4. The van der Waals surface area contributed by atoms with Gasteiger partial charge in [-0.05, 0) is 101 Å². The summed E-state index contributed by atoms with van der Waals surface area (Å²) in [6.07, 6.45) is 10.2. The van der Waals surface area contributed by atoms with Crippen molar-refractivity contribution in [2.24, 2.45) is 15.8 Å². The van der Waals surface area contributed by atoms with Crippen molar-refractivity contribution in [2.75, 3.05) is 11.9 Å². The van der Waals surface area contributed by atoms with Crippen LogP contribution in [0.15, 0.2) is 83.9 Å². The number of thiophene rings is 1. The van der Waals surface area contributed by atoms with Gasteiger partial charge in [0.2, 0.25) is 0 Å². The largest absolute Gasteiger partial charge is 0.342 e. The van der Waals surface area contributed by atoms with Gasteiger partial charge in [0.15, 0.2) is 7.28 Å². The fourth-order valence-corrected chi connectivity index (χ4v) is 7.14. The molecule has 1 radical (unpaired) electrons. The number of fused-ring (bicyclic) bond motifs is 3. The highest BCUT2D eigenvalue weighted by molar-refractivity contribution is 7.19. The smallest absolute Gasteiger partial charge is 0.152 e. The van der Waals surface area contributed by atoms with Crippen molar-refractivity contribution >= 4 is 80.9 Å². The highest BCUT2D eigenvalue weighted by Crippen LogP contribution is 2.42. The maximum Gasteiger partial charge on any atom is 0.152 e. The molecule has 5 aromatic rings. The molecular formula is C41H44BN2S. The lowest BCUT2D eigenvalue weighted by Crippen LogP contribution is -2.33. The molecule has 0 atom stereocenters. The number of anilines is 1. The zero-order chi connectivity index (χ0) is 31.9. The lowest BCUT2D eigenvalue weighted by molar-refractivity contribution is 0.157. The number of aliphatic imine (C=N–C) groups is 1. The number of hydrogen-bond acceptors (Lipinski definition) is 3. The number of aryl methyl sites for hydroxylation is 2. The quantitative estimate of drug-likeness (QED) is 0.127. The Morgan fingerprint density at radius 3 is 2.38 bits per heavy atom. The van der Waals surface area contributed by atoms with E-state index in [1.165, 1.54) is 53.5 Å². The minimum Gasteiger partial charge on any atom is -0.342 e. The Kier molecular flexibility index (Phi) is 8.39. The van der Waals surface area contributed by atoms with Gasteiger partial charge in [0.05, 0.1) is 11.4 Å². The molecule has 2 nitrogen and oxygen atoms in total. The van der Waals surface area contributed by atoms with E-state index >= 15 is 0 Å². The third kappa shape index (κ3) is 6.18. The first-order valence-corrected chi connectivity index (χ1v) is 16.9. The number of allylic oxidation sites excluding steroid dienone is 1. The van der Waals surface area contributed by atoms with Crippen LogP contribution in [0.4, 0.5) is 11.4 Å². The summed E-state index contributed by atoms with van der Waals surface area (Å²) in [6.45, 7) is 17.9. The van der Waals surface area contributed by atoms with E-state index in [1.54, 1.807) is 0 Å². The summed E-state index contributed by atoms with van der Waals surface area (Å²) in [5, 5.41) is 3.70. The molecule has 6 rings (SSSR count). The zero-order valence-corrected chi connectivity index (χ0v) is 28.7. The Morgan fingerprint density at radius 2 is 1.69 bits per heavy atom. The predicted octanol–water partition coefficient (Wildman–Crippen LogP) is 11.1.